The molecule has 2 aromatic rings. The lowest BCUT2D eigenvalue weighted by Gasteiger charge is -2.06. The number of hydrogen-bond acceptors (Lipinski definition) is 4. The number of esters is 1. The molecule has 2 rings (SSSR count). The number of halogens is 2. The third kappa shape index (κ3) is 3.59. The van der Waals surface area contributed by atoms with E-state index >= 15 is 0 Å². The molecule has 4 nitrogen and oxygen atoms in total. The Morgan fingerprint density at radius 1 is 1.16 bits per heavy atom. The third-order valence-corrected chi connectivity index (χ3v) is 2.65. The fraction of sp³-hybridized carbons (Fsp3) is 0.0769. The minimum absolute atomic E-state index is 0.244. The molecule has 0 radical (unpaired) electrons. The van der Waals surface area contributed by atoms with Crippen LogP contribution in [0, 0.1) is 0 Å². The van der Waals surface area contributed by atoms with Gasteiger partial charge in [-0.05, 0) is 30.3 Å². The van der Waals surface area contributed by atoms with E-state index in [9.17, 15) is 4.79 Å². The molecule has 6 heteroatoms. The average Bonchev–Trinajstić information content (AvgIpc) is 2.37. The zero-order chi connectivity index (χ0) is 13.8. The van der Waals surface area contributed by atoms with Gasteiger partial charge in [0.15, 0.2) is 0 Å². The molecule has 0 saturated heterocycles. The monoisotopic (exact) mass is 297 g/mol. The Labute approximate surface area is 119 Å². The van der Waals surface area contributed by atoms with Gasteiger partial charge in [-0.1, -0.05) is 23.2 Å². The summed E-state index contributed by atoms with van der Waals surface area (Å²) in [5.74, 6) is 0.386. The maximum atomic E-state index is 11.3. The Morgan fingerprint density at radius 3 is 2.42 bits per heavy atom. The minimum atomic E-state index is -0.407. The van der Waals surface area contributed by atoms with E-state index in [1.807, 2.05) is 0 Å². The second kappa shape index (κ2) is 5.91. The highest BCUT2D eigenvalue weighted by Crippen LogP contribution is 2.25. The van der Waals surface area contributed by atoms with E-state index in [0.29, 0.717) is 16.3 Å². The van der Waals surface area contributed by atoms with Crippen molar-refractivity contribution < 1.29 is 14.3 Å². The molecule has 0 N–H and O–H groups in total. The van der Waals surface area contributed by atoms with E-state index in [4.69, 9.17) is 27.9 Å². The van der Waals surface area contributed by atoms with Crippen molar-refractivity contribution in [1.29, 1.82) is 0 Å². The lowest BCUT2D eigenvalue weighted by Crippen LogP contribution is -2.00. The summed E-state index contributed by atoms with van der Waals surface area (Å²) in [7, 11) is 1.32. The summed E-state index contributed by atoms with van der Waals surface area (Å²) in [6, 6.07) is 9.49. The fourth-order valence-electron chi connectivity index (χ4n) is 1.39. The first-order chi connectivity index (χ1) is 9.08. The summed E-state index contributed by atoms with van der Waals surface area (Å²) in [4.78, 5) is 15.2. The Morgan fingerprint density at radius 2 is 1.84 bits per heavy atom. The van der Waals surface area contributed by atoms with E-state index in [0.717, 1.165) is 0 Å². The van der Waals surface area contributed by atoms with Crippen molar-refractivity contribution in [1.82, 2.24) is 4.98 Å². The Kier molecular flexibility index (Phi) is 4.24. The molecule has 0 spiro atoms. The molecule has 0 aliphatic rings. The highest BCUT2D eigenvalue weighted by atomic mass is 35.5. The van der Waals surface area contributed by atoms with Crippen LogP contribution < -0.4 is 4.74 Å². The Hall–Kier alpha value is -1.78. The van der Waals surface area contributed by atoms with Crippen LogP contribution >= 0.6 is 23.2 Å². The SMILES string of the molecule is COC(=O)c1ccc(Oc2cc(Cl)cc(Cl)n2)cc1. The number of nitrogens with zero attached hydrogens (tertiary/aromatic N) is 1. The molecule has 0 saturated carbocycles. The number of methoxy groups -OCH3 is 1. The van der Waals surface area contributed by atoms with Gasteiger partial charge in [-0.25, -0.2) is 9.78 Å². The van der Waals surface area contributed by atoms with Crippen molar-refractivity contribution in [2.24, 2.45) is 0 Å². The number of carbonyl (C=O) groups excluding carboxylic acids is 1. The van der Waals surface area contributed by atoms with Crippen LogP contribution in [0.25, 0.3) is 0 Å². The molecule has 0 amide bonds. The molecule has 98 valence electrons. The first kappa shape index (κ1) is 13.6. The molecule has 0 atom stereocenters. The van der Waals surface area contributed by atoms with Crippen molar-refractivity contribution in [2.45, 2.75) is 0 Å². The lowest BCUT2D eigenvalue weighted by atomic mass is 10.2. The van der Waals surface area contributed by atoms with Crippen LogP contribution in [0.2, 0.25) is 10.2 Å². The normalized spacial score (nSPS) is 10.1. The summed E-state index contributed by atoms with van der Waals surface area (Å²) < 4.78 is 10.1. The zero-order valence-corrected chi connectivity index (χ0v) is 11.4. The molecule has 1 aromatic heterocycles. The smallest absolute Gasteiger partial charge is 0.337 e. The van der Waals surface area contributed by atoms with Gasteiger partial charge >= 0.3 is 5.97 Å². The number of benzene rings is 1. The predicted octanol–water partition coefficient (Wildman–Crippen LogP) is 3.97. The zero-order valence-electron chi connectivity index (χ0n) is 9.89. The van der Waals surface area contributed by atoms with Gasteiger partial charge in [0.05, 0.1) is 12.7 Å². The van der Waals surface area contributed by atoms with Gasteiger partial charge in [-0.3, -0.25) is 0 Å². The largest absolute Gasteiger partial charge is 0.465 e. The molecular formula is C13H9Cl2NO3. The van der Waals surface area contributed by atoms with E-state index in [1.54, 1.807) is 30.3 Å². The number of pyridine rings is 1. The molecule has 0 unspecified atom stereocenters. The highest BCUT2D eigenvalue weighted by molar-refractivity contribution is 6.34. The summed E-state index contributed by atoms with van der Waals surface area (Å²) in [5.41, 5.74) is 0.437. The maximum Gasteiger partial charge on any atom is 0.337 e. The molecule has 0 bridgehead atoms. The number of ether oxygens (including phenoxy) is 2. The predicted molar refractivity (Wildman–Crippen MR) is 72.1 cm³/mol. The first-order valence-electron chi connectivity index (χ1n) is 5.28. The third-order valence-electron chi connectivity index (χ3n) is 2.23. The van der Waals surface area contributed by atoms with Crippen molar-refractivity contribution >= 4 is 29.2 Å². The first-order valence-corrected chi connectivity index (χ1v) is 6.03. The van der Waals surface area contributed by atoms with Gasteiger partial charge in [-0.2, -0.15) is 0 Å². The minimum Gasteiger partial charge on any atom is -0.465 e. The van der Waals surface area contributed by atoms with Gasteiger partial charge in [0, 0.05) is 11.1 Å². The van der Waals surface area contributed by atoms with Gasteiger partial charge in [0.2, 0.25) is 5.88 Å². The molecule has 19 heavy (non-hydrogen) atoms. The van der Waals surface area contributed by atoms with Gasteiger partial charge in [-0.15, -0.1) is 0 Å². The van der Waals surface area contributed by atoms with Crippen LogP contribution in [0.15, 0.2) is 36.4 Å². The quantitative estimate of drug-likeness (QED) is 0.635. The second-order valence-corrected chi connectivity index (χ2v) is 4.39. The van der Waals surface area contributed by atoms with Crippen molar-refractivity contribution in [3.63, 3.8) is 0 Å². The Balaban J connectivity index is 2.17. The molecule has 1 aromatic carbocycles. The van der Waals surface area contributed by atoms with Crippen LogP contribution in [-0.2, 0) is 4.74 Å². The summed E-state index contributed by atoms with van der Waals surface area (Å²) in [6.45, 7) is 0. The molecular weight excluding hydrogens is 289 g/mol. The molecule has 0 fully saturated rings. The van der Waals surface area contributed by atoms with E-state index in [1.165, 1.54) is 13.2 Å². The second-order valence-electron chi connectivity index (χ2n) is 3.56. The number of hydrogen-bond donors (Lipinski definition) is 0. The number of carbonyl (C=O) groups is 1. The van der Waals surface area contributed by atoms with Crippen LogP contribution in [0.5, 0.6) is 11.6 Å². The number of aromatic nitrogens is 1. The fourth-order valence-corrected chi connectivity index (χ4v) is 1.85. The number of rotatable bonds is 3. The van der Waals surface area contributed by atoms with E-state index < -0.39 is 5.97 Å². The van der Waals surface area contributed by atoms with Crippen LogP contribution in [0.3, 0.4) is 0 Å². The van der Waals surface area contributed by atoms with E-state index in [-0.39, 0.29) is 11.0 Å². The van der Waals surface area contributed by atoms with Gasteiger partial charge in [0.25, 0.3) is 0 Å². The highest BCUT2D eigenvalue weighted by Gasteiger charge is 2.06. The maximum absolute atomic E-state index is 11.3. The molecule has 1 heterocycles. The summed E-state index contributed by atoms with van der Waals surface area (Å²) in [6.07, 6.45) is 0. The summed E-state index contributed by atoms with van der Waals surface area (Å²) >= 11 is 11.6. The van der Waals surface area contributed by atoms with Crippen LogP contribution in [-0.4, -0.2) is 18.1 Å². The average molecular weight is 298 g/mol. The van der Waals surface area contributed by atoms with Crippen LogP contribution in [0.4, 0.5) is 0 Å². The molecule has 0 aliphatic carbocycles. The van der Waals surface area contributed by atoms with Crippen molar-refractivity contribution in [3.05, 3.63) is 52.1 Å². The summed E-state index contributed by atoms with van der Waals surface area (Å²) in [5, 5.41) is 0.676. The lowest BCUT2D eigenvalue weighted by molar-refractivity contribution is 0.0600. The van der Waals surface area contributed by atoms with Crippen molar-refractivity contribution in [3.8, 4) is 11.6 Å². The standard InChI is InChI=1S/C13H9Cl2NO3/c1-18-13(17)8-2-4-10(5-3-8)19-12-7-9(14)6-11(15)16-12/h2-7H,1H3. The van der Waals surface area contributed by atoms with Crippen molar-refractivity contribution in [2.75, 3.05) is 7.11 Å². The Bertz CT molecular complexity index is 579. The topological polar surface area (TPSA) is 48.4 Å². The van der Waals surface area contributed by atoms with Gasteiger partial charge < -0.3 is 9.47 Å². The molecule has 0 aliphatic heterocycles. The van der Waals surface area contributed by atoms with Gasteiger partial charge in [0.1, 0.15) is 10.9 Å². The van der Waals surface area contributed by atoms with Crippen LogP contribution in [0.1, 0.15) is 10.4 Å². The van der Waals surface area contributed by atoms with E-state index in [2.05, 4.69) is 9.72 Å².